The van der Waals surface area contributed by atoms with E-state index in [1.54, 1.807) is 7.11 Å². The zero-order valence-electron chi connectivity index (χ0n) is 11.0. The topological polar surface area (TPSA) is 47.3 Å². The molecule has 0 aromatic heterocycles. The van der Waals surface area contributed by atoms with Crippen LogP contribution in [0.2, 0.25) is 0 Å². The van der Waals surface area contributed by atoms with Crippen molar-refractivity contribution in [2.45, 2.75) is 65.0 Å². The lowest BCUT2D eigenvalue weighted by Crippen LogP contribution is -2.57. The highest BCUT2D eigenvalue weighted by Gasteiger charge is 2.38. The van der Waals surface area contributed by atoms with Crippen LogP contribution in [0.3, 0.4) is 0 Å². The Balaban J connectivity index is 4.72. The molecule has 3 heteroatoms. The molecule has 0 radical (unpaired) electrons. The number of methoxy groups -OCH3 is 1. The molecule has 2 atom stereocenters. The number of nitrogens with two attached hydrogens (primary N) is 1. The van der Waals surface area contributed by atoms with Crippen molar-refractivity contribution in [3.05, 3.63) is 0 Å². The van der Waals surface area contributed by atoms with Gasteiger partial charge < -0.3 is 4.74 Å². The first-order valence-electron chi connectivity index (χ1n) is 6.13. The Morgan fingerprint density at radius 1 is 1.27 bits per heavy atom. The lowest BCUT2D eigenvalue weighted by Gasteiger charge is -2.41. The van der Waals surface area contributed by atoms with Crippen molar-refractivity contribution in [2.75, 3.05) is 7.11 Å². The first-order chi connectivity index (χ1) is 7.11. The molecule has 0 saturated heterocycles. The summed E-state index contributed by atoms with van der Waals surface area (Å²) in [6.45, 7) is 8.77. The molecular weight excluding hydrogens is 188 g/mol. The molecule has 0 aliphatic carbocycles. The Kier molecular flexibility index (Phi) is 7.14. The van der Waals surface area contributed by atoms with E-state index in [9.17, 15) is 0 Å². The minimum absolute atomic E-state index is 0.122. The summed E-state index contributed by atoms with van der Waals surface area (Å²) in [4.78, 5) is 0. The molecule has 15 heavy (non-hydrogen) atoms. The standard InChI is InChI=1S/C12H28N2O/c1-6-9-10(4)11(14-13)12(7-2,8-3)15-5/h10-11,14H,6-9,13H2,1-5H3. The number of nitrogens with one attached hydrogen (secondary N) is 1. The van der Waals surface area contributed by atoms with Crippen LogP contribution in [0.5, 0.6) is 0 Å². The average Bonchev–Trinajstić information content (AvgIpc) is 2.26. The van der Waals surface area contributed by atoms with Crippen LogP contribution >= 0.6 is 0 Å². The maximum absolute atomic E-state index is 5.71. The molecule has 3 nitrogen and oxygen atoms in total. The van der Waals surface area contributed by atoms with E-state index in [0.29, 0.717) is 5.92 Å². The van der Waals surface area contributed by atoms with Gasteiger partial charge in [0.1, 0.15) is 0 Å². The molecule has 2 unspecified atom stereocenters. The summed E-state index contributed by atoms with van der Waals surface area (Å²) < 4.78 is 5.71. The van der Waals surface area contributed by atoms with Gasteiger partial charge in [0.05, 0.1) is 11.6 Å². The van der Waals surface area contributed by atoms with Gasteiger partial charge in [-0.2, -0.15) is 0 Å². The maximum atomic E-state index is 5.71. The quantitative estimate of drug-likeness (QED) is 0.484. The van der Waals surface area contributed by atoms with E-state index in [1.165, 1.54) is 12.8 Å². The molecule has 0 fully saturated rings. The van der Waals surface area contributed by atoms with Crippen LogP contribution in [0.15, 0.2) is 0 Å². The molecule has 0 heterocycles. The first kappa shape index (κ1) is 14.9. The van der Waals surface area contributed by atoms with E-state index < -0.39 is 0 Å². The largest absolute Gasteiger partial charge is 0.377 e. The van der Waals surface area contributed by atoms with E-state index in [-0.39, 0.29) is 11.6 Å². The van der Waals surface area contributed by atoms with Gasteiger partial charge >= 0.3 is 0 Å². The fraction of sp³-hybridized carbons (Fsp3) is 1.00. The van der Waals surface area contributed by atoms with Gasteiger partial charge in [0, 0.05) is 7.11 Å². The molecule has 3 N–H and O–H groups in total. The van der Waals surface area contributed by atoms with Crippen LogP contribution in [0.25, 0.3) is 0 Å². The molecule has 0 aliphatic rings. The average molecular weight is 216 g/mol. The van der Waals surface area contributed by atoms with Crippen molar-refractivity contribution < 1.29 is 4.74 Å². The summed E-state index contributed by atoms with van der Waals surface area (Å²) in [5, 5.41) is 0. The van der Waals surface area contributed by atoms with E-state index in [4.69, 9.17) is 10.6 Å². The van der Waals surface area contributed by atoms with Gasteiger partial charge in [-0.25, -0.2) is 0 Å². The maximum Gasteiger partial charge on any atom is 0.0841 e. The lowest BCUT2D eigenvalue weighted by atomic mass is 9.80. The number of ether oxygens (including phenoxy) is 1. The number of rotatable bonds is 8. The highest BCUT2D eigenvalue weighted by Crippen LogP contribution is 2.30. The normalized spacial score (nSPS) is 16.4. The summed E-state index contributed by atoms with van der Waals surface area (Å²) in [5.41, 5.74) is 2.83. The van der Waals surface area contributed by atoms with Crippen LogP contribution in [-0.4, -0.2) is 18.8 Å². The van der Waals surface area contributed by atoms with Gasteiger partial charge in [0.2, 0.25) is 0 Å². The highest BCUT2D eigenvalue weighted by molar-refractivity contribution is 4.93. The molecule has 0 amide bonds. The second-order valence-corrected chi connectivity index (χ2v) is 4.39. The Bertz CT molecular complexity index is 149. The molecule has 0 saturated carbocycles. The van der Waals surface area contributed by atoms with Gasteiger partial charge in [-0.05, 0) is 25.2 Å². The van der Waals surface area contributed by atoms with Gasteiger partial charge in [-0.1, -0.05) is 34.1 Å². The third kappa shape index (κ3) is 3.44. The summed E-state index contributed by atoms with van der Waals surface area (Å²) >= 11 is 0. The molecule has 0 aromatic carbocycles. The van der Waals surface area contributed by atoms with Crippen LogP contribution in [0, 0.1) is 5.92 Å². The van der Waals surface area contributed by atoms with Crippen LogP contribution < -0.4 is 11.3 Å². The van der Waals surface area contributed by atoms with E-state index >= 15 is 0 Å². The molecule has 92 valence electrons. The minimum atomic E-state index is -0.122. The summed E-state index contributed by atoms with van der Waals surface area (Å²) in [7, 11) is 1.79. The van der Waals surface area contributed by atoms with Gasteiger partial charge in [0.15, 0.2) is 0 Å². The van der Waals surface area contributed by atoms with Crippen molar-refractivity contribution in [1.29, 1.82) is 0 Å². The summed E-state index contributed by atoms with van der Waals surface area (Å²) in [5.74, 6) is 6.23. The lowest BCUT2D eigenvalue weighted by molar-refractivity contribution is -0.0620. The van der Waals surface area contributed by atoms with Crippen molar-refractivity contribution in [3.8, 4) is 0 Å². The summed E-state index contributed by atoms with van der Waals surface area (Å²) in [6, 6.07) is 0.234. The first-order valence-corrected chi connectivity index (χ1v) is 6.13. The van der Waals surface area contributed by atoms with Gasteiger partial charge in [-0.15, -0.1) is 0 Å². The van der Waals surface area contributed by atoms with Crippen molar-refractivity contribution in [2.24, 2.45) is 11.8 Å². The second-order valence-electron chi connectivity index (χ2n) is 4.39. The Morgan fingerprint density at radius 3 is 2.07 bits per heavy atom. The van der Waals surface area contributed by atoms with E-state index in [2.05, 4.69) is 33.1 Å². The molecule has 0 aliphatic heterocycles. The Hall–Kier alpha value is -0.120. The molecule has 0 rings (SSSR count). The smallest absolute Gasteiger partial charge is 0.0841 e. The van der Waals surface area contributed by atoms with E-state index in [1.807, 2.05) is 0 Å². The zero-order chi connectivity index (χ0) is 11.9. The van der Waals surface area contributed by atoms with E-state index in [0.717, 1.165) is 12.8 Å². The number of hydrogen-bond donors (Lipinski definition) is 2. The molecule has 0 bridgehead atoms. The van der Waals surface area contributed by atoms with Crippen molar-refractivity contribution in [1.82, 2.24) is 5.43 Å². The van der Waals surface area contributed by atoms with Crippen LogP contribution in [-0.2, 0) is 4.74 Å². The fourth-order valence-corrected chi connectivity index (χ4v) is 2.56. The zero-order valence-corrected chi connectivity index (χ0v) is 11.0. The van der Waals surface area contributed by atoms with Crippen molar-refractivity contribution >= 4 is 0 Å². The predicted octanol–water partition coefficient (Wildman–Crippen LogP) is 2.46. The predicted molar refractivity (Wildman–Crippen MR) is 65.5 cm³/mol. The van der Waals surface area contributed by atoms with Crippen LogP contribution in [0.4, 0.5) is 0 Å². The minimum Gasteiger partial charge on any atom is -0.377 e. The molecular formula is C12H28N2O. The fourth-order valence-electron chi connectivity index (χ4n) is 2.56. The van der Waals surface area contributed by atoms with Crippen LogP contribution in [0.1, 0.15) is 53.4 Å². The Morgan fingerprint density at radius 2 is 1.80 bits per heavy atom. The molecule has 0 aromatic rings. The monoisotopic (exact) mass is 216 g/mol. The second kappa shape index (κ2) is 7.20. The number of hydrogen-bond acceptors (Lipinski definition) is 3. The highest BCUT2D eigenvalue weighted by atomic mass is 16.5. The summed E-state index contributed by atoms with van der Waals surface area (Å²) in [6.07, 6.45) is 4.35. The van der Waals surface area contributed by atoms with Gasteiger partial charge in [-0.3, -0.25) is 11.3 Å². The number of hydrazine groups is 1. The Labute approximate surface area is 94.7 Å². The third-order valence-electron chi connectivity index (χ3n) is 3.66. The van der Waals surface area contributed by atoms with Gasteiger partial charge in [0.25, 0.3) is 0 Å². The SMILES string of the molecule is CCCC(C)C(NN)C(CC)(CC)OC. The molecule has 0 spiro atoms. The third-order valence-corrected chi connectivity index (χ3v) is 3.66. The van der Waals surface area contributed by atoms with Crippen molar-refractivity contribution in [3.63, 3.8) is 0 Å².